The number of likely N-dealkylation sites (N-methyl/N-ethyl adjacent to an activating group) is 1. The molecule has 4 rings (SSSR count). The van der Waals surface area contributed by atoms with Crippen LogP contribution in [0, 0.1) is 11.8 Å². The lowest BCUT2D eigenvalue weighted by Crippen LogP contribution is -2.63. The number of β-lactam (4-membered cyclic amide) rings is 1. The summed E-state index contributed by atoms with van der Waals surface area (Å²) in [5.41, 5.74) is 5.52. The summed E-state index contributed by atoms with van der Waals surface area (Å²) in [6.07, 6.45) is 0.616. The fourth-order valence-electron chi connectivity index (χ4n) is 5.89. The van der Waals surface area contributed by atoms with E-state index in [1.807, 2.05) is 23.8 Å². The maximum absolute atomic E-state index is 13.3. The zero-order valence-corrected chi connectivity index (χ0v) is 22.6. The molecular formula is C24H38N6O6S. The number of likely N-dealkylation sites (tertiary alicyclic amines) is 2. The van der Waals surface area contributed by atoms with Crippen molar-refractivity contribution >= 4 is 35.4 Å². The Bertz CT molecular complexity index is 985. The third kappa shape index (κ3) is 5.51. The predicted molar refractivity (Wildman–Crippen MR) is 138 cm³/mol. The number of ether oxygens (including phenoxy) is 1. The molecule has 37 heavy (non-hydrogen) atoms. The molecule has 0 radical (unpaired) electrons. The number of aliphatic hydroxyl groups excluding tert-OH is 1. The molecule has 4 aliphatic heterocycles. The molecule has 0 aromatic rings. The lowest BCUT2D eigenvalue weighted by Gasteiger charge is -2.46. The highest BCUT2D eigenvalue weighted by atomic mass is 32.2. The van der Waals surface area contributed by atoms with Crippen LogP contribution >= 0.6 is 11.8 Å². The van der Waals surface area contributed by atoms with E-state index >= 15 is 0 Å². The third-order valence-corrected chi connectivity index (χ3v) is 9.27. The van der Waals surface area contributed by atoms with Gasteiger partial charge in [-0.2, -0.15) is 0 Å². The number of carbonyl (C=O) groups excluding carboxylic acids is 2. The van der Waals surface area contributed by atoms with Crippen LogP contribution in [-0.4, -0.2) is 118 Å². The fraction of sp³-hybridized carbons (Fsp3) is 0.750. The standard InChI is InChI=1S/C24H38N6O6S/c1-12-19-18(13(2)31)23(33)30(19)20(24(34)35)21(12)37-16-7-17(28(4)9-16)22(32)29-6-5-15(8-29)27-11-36-10-26-14(3)25/h12-13,15-19,27,31H,5-11H2,1-4H3,(H2,25,26)(H,34,35)/t12-,13-,15+,16+,17+,18-,19-/m1/s1. The number of carbonyl (C=O) groups is 3. The number of thioether (sulfide) groups is 1. The van der Waals surface area contributed by atoms with Crippen LogP contribution in [0.25, 0.3) is 0 Å². The number of hydrogen-bond acceptors (Lipinski definition) is 9. The van der Waals surface area contributed by atoms with Gasteiger partial charge in [-0.25, -0.2) is 9.79 Å². The quantitative estimate of drug-likeness (QED) is 0.0933. The minimum Gasteiger partial charge on any atom is -0.477 e. The van der Waals surface area contributed by atoms with E-state index in [4.69, 9.17) is 10.5 Å². The van der Waals surface area contributed by atoms with Crippen LogP contribution < -0.4 is 11.1 Å². The van der Waals surface area contributed by atoms with Crippen molar-refractivity contribution in [3.05, 3.63) is 10.6 Å². The number of nitrogens with two attached hydrogens (primary N) is 1. The predicted octanol–water partition coefficient (Wildman–Crippen LogP) is -0.555. The van der Waals surface area contributed by atoms with Crippen molar-refractivity contribution < 1.29 is 29.3 Å². The van der Waals surface area contributed by atoms with Gasteiger partial charge < -0.3 is 30.5 Å². The number of aliphatic imine (C=N–C) groups is 1. The Morgan fingerprint density at radius 3 is 2.73 bits per heavy atom. The molecule has 13 heteroatoms. The molecule has 4 heterocycles. The van der Waals surface area contributed by atoms with Gasteiger partial charge in [-0.15, -0.1) is 11.8 Å². The summed E-state index contributed by atoms with van der Waals surface area (Å²) in [4.78, 5) is 48.0. The Balaban J connectivity index is 1.33. The van der Waals surface area contributed by atoms with Gasteiger partial charge in [-0.05, 0) is 33.7 Å². The Kier molecular flexibility index (Phi) is 8.48. The van der Waals surface area contributed by atoms with Crippen molar-refractivity contribution in [2.75, 3.05) is 40.1 Å². The number of nitrogens with one attached hydrogen (secondary N) is 1. The molecule has 0 bridgehead atoms. The molecule has 0 aliphatic carbocycles. The van der Waals surface area contributed by atoms with Crippen molar-refractivity contribution in [1.82, 2.24) is 20.0 Å². The van der Waals surface area contributed by atoms with Gasteiger partial charge >= 0.3 is 5.97 Å². The van der Waals surface area contributed by atoms with Crippen molar-refractivity contribution in [2.24, 2.45) is 22.6 Å². The summed E-state index contributed by atoms with van der Waals surface area (Å²) in [7, 11) is 1.92. The Labute approximate surface area is 221 Å². The molecule has 2 amide bonds. The summed E-state index contributed by atoms with van der Waals surface area (Å²) in [6, 6.07) is -0.457. The van der Waals surface area contributed by atoms with E-state index in [2.05, 4.69) is 10.3 Å². The van der Waals surface area contributed by atoms with Crippen LogP contribution in [0.4, 0.5) is 0 Å². The molecular weight excluding hydrogens is 500 g/mol. The highest BCUT2D eigenvalue weighted by Gasteiger charge is 2.60. The van der Waals surface area contributed by atoms with E-state index in [0.717, 1.165) is 6.42 Å². The summed E-state index contributed by atoms with van der Waals surface area (Å²) >= 11 is 1.47. The van der Waals surface area contributed by atoms with Crippen molar-refractivity contribution in [2.45, 2.75) is 63.1 Å². The monoisotopic (exact) mass is 538 g/mol. The van der Waals surface area contributed by atoms with Crippen molar-refractivity contribution in [3.8, 4) is 0 Å². The normalized spacial score (nSPS) is 33.2. The summed E-state index contributed by atoms with van der Waals surface area (Å²) in [6.45, 7) is 7.65. The number of rotatable bonds is 10. The van der Waals surface area contributed by atoms with Gasteiger partial charge in [0.1, 0.15) is 12.4 Å². The van der Waals surface area contributed by atoms with E-state index in [1.54, 1.807) is 13.8 Å². The highest BCUT2D eigenvalue weighted by Crippen LogP contribution is 2.52. The van der Waals surface area contributed by atoms with E-state index < -0.39 is 18.0 Å². The average molecular weight is 539 g/mol. The summed E-state index contributed by atoms with van der Waals surface area (Å²) < 4.78 is 5.40. The first kappa shape index (κ1) is 27.8. The highest BCUT2D eigenvalue weighted by molar-refractivity contribution is 8.03. The lowest BCUT2D eigenvalue weighted by atomic mass is 9.79. The SMILES string of the molecule is CC(N)=NCOCN[C@H]1CCN(C(=O)[C@@H]2C[C@H](SC3=C(C(=O)O)N4C(=O)[C@H]([C@@H](C)O)[C@H]4[C@H]3C)CN2C)C1. The molecule has 0 aromatic heterocycles. The minimum absolute atomic E-state index is 0.0287. The Morgan fingerprint density at radius 1 is 1.35 bits per heavy atom. The molecule has 4 aliphatic rings. The van der Waals surface area contributed by atoms with Crippen molar-refractivity contribution in [1.29, 1.82) is 0 Å². The van der Waals surface area contributed by atoms with Gasteiger partial charge in [0.25, 0.3) is 0 Å². The number of amides is 2. The van der Waals surface area contributed by atoms with Crippen LogP contribution in [0.15, 0.2) is 15.6 Å². The van der Waals surface area contributed by atoms with Crippen LogP contribution in [0.2, 0.25) is 0 Å². The smallest absolute Gasteiger partial charge is 0.353 e. The molecule has 0 aromatic carbocycles. The second-order valence-electron chi connectivity index (χ2n) is 10.5. The zero-order chi connectivity index (χ0) is 27.0. The molecule has 206 valence electrons. The molecule has 3 saturated heterocycles. The molecule has 0 spiro atoms. The molecule has 12 nitrogen and oxygen atoms in total. The van der Waals surface area contributed by atoms with Gasteiger partial charge in [-0.1, -0.05) is 6.92 Å². The summed E-state index contributed by atoms with van der Waals surface area (Å²) in [5, 5.41) is 23.3. The molecule has 3 fully saturated rings. The van der Waals surface area contributed by atoms with E-state index in [1.165, 1.54) is 16.7 Å². The van der Waals surface area contributed by atoms with Gasteiger partial charge in [0.2, 0.25) is 11.8 Å². The Hall–Kier alpha value is -2.19. The van der Waals surface area contributed by atoms with Crippen LogP contribution in [-0.2, 0) is 19.1 Å². The number of nitrogens with zero attached hydrogens (tertiary/aromatic N) is 4. The number of carboxylic acids is 1. The number of aliphatic carboxylic acids is 1. The first-order chi connectivity index (χ1) is 17.5. The fourth-order valence-corrected chi connectivity index (χ4v) is 7.49. The van der Waals surface area contributed by atoms with Crippen LogP contribution in [0.3, 0.4) is 0 Å². The van der Waals surface area contributed by atoms with Gasteiger partial charge in [0.05, 0.1) is 36.7 Å². The van der Waals surface area contributed by atoms with E-state index in [-0.39, 0.29) is 53.5 Å². The van der Waals surface area contributed by atoms with E-state index in [0.29, 0.717) is 43.5 Å². The molecule has 0 unspecified atom stereocenters. The molecule has 7 atom stereocenters. The maximum atomic E-state index is 13.3. The largest absolute Gasteiger partial charge is 0.477 e. The third-order valence-electron chi connectivity index (χ3n) is 7.78. The number of aliphatic hydroxyl groups is 1. The Morgan fingerprint density at radius 2 is 2.08 bits per heavy atom. The molecule has 5 N–H and O–H groups in total. The summed E-state index contributed by atoms with van der Waals surface area (Å²) in [5.74, 6) is -1.67. The first-order valence-corrected chi connectivity index (χ1v) is 13.6. The maximum Gasteiger partial charge on any atom is 0.353 e. The second-order valence-corrected chi connectivity index (χ2v) is 11.8. The number of amidine groups is 1. The minimum atomic E-state index is -1.13. The lowest BCUT2D eigenvalue weighted by molar-refractivity contribution is -0.163. The number of hydrogen-bond donors (Lipinski definition) is 4. The van der Waals surface area contributed by atoms with Gasteiger partial charge in [-0.3, -0.25) is 19.8 Å². The topological polar surface area (TPSA) is 161 Å². The average Bonchev–Trinajstić information content (AvgIpc) is 3.49. The van der Waals surface area contributed by atoms with Crippen LogP contribution in [0.5, 0.6) is 0 Å². The zero-order valence-electron chi connectivity index (χ0n) is 21.8. The van der Waals surface area contributed by atoms with Gasteiger partial charge in [0, 0.05) is 41.7 Å². The van der Waals surface area contributed by atoms with Gasteiger partial charge in [0.15, 0.2) is 0 Å². The number of fused-ring (bicyclic) bond motifs is 1. The van der Waals surface area contributed by atoms with Crippen molar-refractivity contribution in [3.63, 3.8) is 0 Å². The second kappa shape index (κ2) is 11.3. The first-order valence-electron chi connectivity index (χ1n) is 12.7. The molecule has 0 saturated carbocycles. The van der Waals surface area contributed by atoms with Crippen LogP contribution in [0.1, 0.15) is 33.6 Å². The van der Waals surface area contributed by atoms with E-state index in [9.17, 15) is 24.6 Å². The number of carboxylic acid groups (broad SMARTS) is 1.